The lowest BCUT2D eigenvalue weighted by molar-refractivity contribution is 0.621. The van der Waals surface area contributed by atoms with E-state index in [1.165, 1.54) is 6.07 Å². The Morgan fingerprint density at radius 3 is 2.81 bits per heavy atom. The second kappa shape index (κ2) is 4.22. The van der Waals surface area contributed by atoms with E-state index in [1.807, 2.05) is 6.92 Å². The quantitative estimate of drug-likeness (QED) is 0.805. The van der Waals surface area contributed by atoms with Crippen molar-refractivity contribution in [2.75, 3.05) is 0 Å². The van der Waals surface area contributed by atoms with Crippen LogP contribution >= 0.6 is 11.6 Å². The molecule has 5 heteroatoms. The molecule has 0 radical (unpaired) electrons. The molecule has 2 rings (SSSR count). The highest BCUT2D eigenvalue weighted by molar-refractivity contribution is 6.30. The van der Waals surface area contributed by atoms with Crippen molar-refractivity contribution in [3.05, 3.63) is 34.6 Å². The molecule has 1 aromatic rings. The molecule has 84 valence electrons. The number of hydrogen-bond acceptors (Lipinski definition) is 3. The highest BCUT2D eigenvalue weighted by Crippen LogP contribution is 2.22. The molecular weight excluding hydrogens is 229 g/mol. The maximum absolute atomic E-state index is 13.7. The van der Waals surface area contributed by atoms with Crippen molar-refractivity contribution < 1.29 is 4.39 Å². The fraction of sp³-hybridized carbons (Fsp3) is 0.273. The molecule has 0 amide bonds. The van der Waals surface area contributed by atoms with E-state index in [4.69, 9.17) is 17.3 Å². The van der Waals surface area contributed by atoms with E-state index in [2.05, 4.69) is 10.2 Å². The zero-order valence-electron chi connectivity index (χ0n) is 8.74. The number of nitrogens with zero attached hydrogens (tertiary/aromatic N) is 2. The molecule has 1 aliphatic rings. The summed E-state index contributed by atoms with van der Waals surface area (Å²) in [5, 5.41) is 8.10. The molecule has 0 bridgehead atoms. The van der Waals surface area contributed by atoms with Gasteiger partial charge < -0.3 is 5.73 Å². The number of rotatable bonds is 1. The summed E-state index contributed by atoms with van der Waals surface area (Å²) in [5.74, 6) is 0.160. The van der Waals surface area contributed by atoms with Gasteiger partial charge in [-0.3, -0.25) is 0 Å². The number of amidine groups is 1. The maximum Gasteiger partial charge on any atom is 0.133 e. The van der Waals surface area contributed by atoms with Gasteiger partial charge in [0, 0.05) is 22.9 Å². The summed E-state index contributed by atoms with van der Waals surface area (Å²) < 4.78 is 13.7. The van der Waals surface area contributed by atoms with Crippen LogP contribution in [-0.2, 0) is 0 Å². The van der Waals surface area contributed by atoms with Gasteiger partial charge in [-0.25, -0.2) is 4.39 Å². The molecule has 1 heterocycles. The number of hydrogen-bond donors (Lipinski definition) is 1. The molecule has 0 spiro atoms. The minimum Gasteiger partial charge on any atom is -0.386 e. The van der Waals surface area contributed by atoms with Crippen LogP contribution < -0.4 is 5.73 Å². The molecule has 1 unspecified atom stereocenters. The van der Waals surface area contributed by atoms with Crippen molar-refractivity contribution in [1.29, 1.82) is 0 Å². The van der Waals surface area contributed by atoms with Crippen molar-refractivity contribution in [3.63, 3.8) is 0 Å². The zero-order chi connectivity index (χ0) is 11.7. The largest absolute Gasteiger partial charge is 0.386 e. The molecule has 3 nitrogen and oxygen atoms in total. The molecule has 0 fully saturated rings. The number of halogens is 2. The number of benzene rings is 1. The lowest BCUT2D eigenvalue weighted by Gasteiger charge is -2.17. The van der Waals surface area contributed by atoms with Gasteiger partial charge in [0.15, 0.2) is 0 Å². The third-order valence-corrected chi connectivity index (χ3v) is 2.71. The first kappa shape index (κ1) is 11.1. The molecule has 16 heavy (non-hydrogen) atoms. The molecular formula is C11H11ClFN3. The summed E-state index contributed by atoms with van der Waals surface area (Å²) >= 11 is 5.69. The molecule has 0 saturated heterocycles. The van der Waals surface area contributed by atoms with Crippen LogP contribution in [0.4, 0.5) is 4.39 Å². The van der Waals surface area contributed by atoms with E-state index >= 15 is 0 Å². The van der Waals surface area contributed by atoms with Crippen LogP contribution in [0, 0.1) is 11.7 Å². The van der Waals surface area contributed by atoms with Crippen LogP contribution in [0.3, 0.4) is 0 Å². The lowest BCUT2D eigenvalue weighted by atomic mass is 9.94. The third-order valence-electron chi connectivity index (χ3n) is 2.48. The van der Waals surface area contributed by atoms with Gasteiger partial charge in [0.1, 0.15) is 11.7 Å². The van der Waals surface area contributed by atoms with Crippen molar-refractivity contribution in [2.45, 2.75) is 13.3 Å². The third kappa shape index (κ3) is 2.07. The predicted octanol–water partition coefficient (Wildman–Crippen LogP) is 2.58. The fourth-order valence-corrected chi connectivity index (χ4v) is 1.84. The van der Waals surface area contributed by atoms with Gasteiger partial charge in [-0.2, -0.15) is 5.10 Å². The van der Waals surface area contributed by atoms with Crippen LogP contribution in [0.25, 0.3) is 0 Å². The van der Waals surface area contributed by atoms with Crippen molar-refractivity contribution in [1.82, 2.24) is 0 Å². The van der Waals surface area contributed by atoms with Crippen LogP contribution in [-0.4, -0.2) is 11.5 Å². The summed E-state index contributed by atoms with van der Waals surface area (Å²) in [4.78, 5) is 0. The van der Waals surface area contributed by atoms with E-state index in [9.17, 15) is 4.39 Å². The standard InChI is InChI=1S/C11H11ClFN3/c1-6-4-10(14)15-16-11(6)8-3-2-7(12)5-9(8)13/h2-3,5-6H,4H2,1H3,(H2,14,15). The van der Waals surface area contributed by atoms with Crippen LogP contribution in [0.2, 0.25) is 5.02 Å². The van der Waals surface area contributed by atoms with Gasteiger partial charge in [-0.15, -0.1) is 5.10 Å². The van der Waals surface area contributed by atoms with Gasteiger partial charge in [0.25, 0.3) is 0 Å². The van der Waals surface area contributed by atoms with Crippen LogP contribution in [0.15, 0.2) is 28.4 Å². The van der Waals surface area contributed by atoms with Crippen molar-refractivity contribution in [3.8, 4) is 0 Å². The molecule has 0 aromatic heterocycles. The van der Waals surface area contributed by atoms with Gasteiger partial charge in [0.2, 0.25) is 0 Å². The first-order chi connectivity index (χ1) is 7.58. The fourth-order valence-electron chi connectivity index (χ4n) is 1.68. The summed E-state index contributed by atoms with van der Waals surface area (Å²) in [6.45, 7) is 1.94. The Morgan fingerprint density at radius 2 is 2.19 bits per heavy atom. The SMILES string of the molecule is CC1CC(N)=NN=C1c1ccc(Cl)cc1F. The second-order valence-corrected chi connectivity index (χ2v) is 4.24. The van der Waals surface area contributed by atoms with Crippen LogP contribution in [0.1, 0.15) is 18.9 Å². The first-order valence-electron chi connectivity index (χ1n) is 4.93. The first-order valence-corrected chi connectivity index (χ1v) is 5.31. The molecule has 1 atom stereocenters. The number of nitrogens with two attached hydrogens (primary N) is 1. The Morgan fingerprint density at radius 1 is 1.44 bits per heavy atom. The van der Waals surface area contributed by atoms with E-state index < -0.39 is 0 Å². The Bertz CT molecular complexity index is 482. The minimum absolute atomic E-state index is 0.0631. The minimum atomic E-state index is -0.381. The summed E-state index contributed by atoms with van der Waals surface area (Å²) in [6, 6.07) is 4.52. The maximum atomic E-state index is 13.7. The predicted molar refractivity (Wildman–Crippen MR) is 63.4 cm³/mol. The van der Waals surface area contributed by atoms with Gasteiger partial charge in [-0.05, 0) is 18.2 Å². The normalized spacial score (nSPS) is 20.3. The van der Waals surface area contributed by atoms with Crippen LogP contribution in [0.5, 0.6) is 0 Å². The monoisotopic (exact) mass is 239 g/mol. The summed E-state index contributed by atoms with van der Waals surface area (Å²) in [5.41, 5.74) is 6.61. The Labute approximate surface area is 97.8 Å². The highest BCUT2D eigenvalue weighted by Gasteiger charge is 2.21. The van der Waals surface area contributed by atoms with Gasteiger partial charge >= 0.3 is 0 Å². The van der Waals surface area contributed by atoms with E-state index in [1.54, 1.807) is 12.1 Å². The van der Waals surface area contributed by atoms with E-state index in [0.717, 1.165) is 0 Å². The topological polar surface area (TPSA) is 50.7 Å². The Kier molecular flexibility index (Phi) is 2.92. The van der Waals surface area contributed by atoms with Crippen molar-refractivity contribution >= 4 is 23.1 Å². The molecule has 1 aliphatic heterocycles. The van der Waals surface area contributed by atoms with Crippen molar-refractivity contribution in [2.24, 2.45) is 21.9 Å². The van der Waals surface area contributed by atoms with E-state index in [-0.39, 0.29) is 11.7 Å². The average molecular weight is 240 g/mol. The Hall–Kier alpha value is -1.42. The van der Waals surface area contributed by atoms with Gasteiger partial charge in [0.05, 0.1) is 5.71 Å². The van der Waals surface area contributed by atoms with Gasteiger partial charge in [-0.1, -0.05) is 18.5 Å². The van der Waals surface area contributed by atoms with E-state index in [0.29, 0.717) is 28.6 Å². The smallest absolute Gasteiger partial charge is 0.133 e. The second-order valence-electron chi connectivity index (χ2n) is 3.81. The zero-order valence-corrected chi connectivity index (χ0v) is 9.50. The molecule has 0 aliphatic carbocycles. The average Bonchev–Trinajstić information content (AvgIpc) is 2.19. The summed E-state index contributed by atoms with van der Waals surface area (Å²) in [7, 11) is 0. The molecule has 2 N–H and O–H groups in total. The highest BCUT2D eigenvalue weighted by atomic mass is 35.5. The Balaban J connectivity index is 2.44. The lowest BCUT2D eigenvalue weighted by Crippen LogP contribution is -2.25. The molecule has 0 saturated carbocycles. The molecule has 1 aromatic carbocycles. The summed E-state index contributed by atoms with van der Waals surface area (Å²) in [6.07, 6.45) is 0.598.